The number of imide groups is 2. The largest absolute Gasteiger partial charge is 0.450 e. The smallest absolute Gasteiger partial charge is 0.335 e. The number of carbonyl (C=O) groups excluding carboxylic acids is 3. The van der Waals surface area contributed by atoms with Crippen LogP contribution in [-0.4, -0.2) is 32.3 Å². The van der Waals surface area contributed by atoms with Gasteiger partial charge in [-0.05, 0) is 99.0 Å². The van der Waals surface area contributed by atoms with E-state index in [1.807, 2.05) is 32.3 Å². The predicted molar refractivity (Wildman–Crippen MR) is 160 cm³/mol. The first-order valence-corrected chi connectivity index (χ1v) is 13.2. The molecule has 5 rings (SSSR count). The van der Waals surface area contributed by atoms with Gasteiger partial charge in [0.05, 0.1) is 21.6 Å². The molecule has 222 valence electrons. The normalized spacial score (nSPS) is 14.1. The minimum Gasteiger partial charge on any atom is -0.450 e. The highest BCUT2D eigenvalue weighted by atomic mass is 16.6. The zero-order valence-electron chi connectivity index (χ0n) is 24.0. The number of amides is 4. The lowest BCUT2D eigenvalue weighted by Crippen LogP contribution is -2.54. The Morgan fingerprint density at radius 1 is 0.795 bits per heavy atom. The van der Waals surface area contributed by atoms with Crippen molar-refractivity contribution < 1.29 is 29.0 Å². The Labute approximate surface area is 250 Å². The highest BCUT2D eigenvalue weighted by molar-refractivity contribution is 6.39. The lowest BCUT2D eigenvalue weighted by atomic mass is 10.1. The summed E-state index contributed by atoms with van der Waals surface area (Å²) in [5.74, 6) is -1.43. The van der Waals surface area contributed by atoms with E-state index in [1.54, 1.807) is 48.5 Å². The zero-order valence-corrected chi connectivity index (χ0v) is 24.0. The van der Waals surface area contributed by atoms with Gasteiger partial charge in [-0.2, -0.15) is 0 Å². The van der Waals surface area contributed by atoms with E-state index in [0.29, 0.717) is 22.6 Å². The molecule has 1 saturated heterocycles. The van der Waals surface area contributed by atoms with Crippen molar-refractivity contribution in [2.24, 2.45) is 0 Å². The molecule has 0 unspecified atom stereocenters. The number of rotatable bonds is 7. The highest BCUT2D eigenvalue weighted by Crippen LogP contribution is 2.35. The predicted octanol–water partition coefficient (Wildman–Crippen LogP) is 5.99. The number of aromatic nitrogens is 1. The Bertz CT molecular complexity index is 1920. The van der Waals surface area contributed by atoms with E-state index >= 15 is 0 Å². The molecule has 1 aliphatic rings. The number of non-ortho nitro benzene ring substituents is 1. The average Bonchev–Trinajstić information content (AvgIpc) is 3.25. The number of nitro groups is 2. The first kappa shape index (κ1) is 29.4. The van der Waals surface area contributed by atoms with Crippen molar-refractivity contribution in [3.8, 4) is 17.2 Å². The summed E-state index contributed by atoms with van der Waals surface area (Å²) in [6, 6.07) is 15.8. The van der Waals surface area contributed by atoms with Crippen LogP contribution in [0.15, 0.2) is 72.3 Å². The van der Waals surface area contributed by atoms with Crippen LogP contribution in [0.2, 0.25) is 0 Å². The fourth-order valence-corrected chi connectivity index (χ4v) is 4.88. The summed E-state index contributed by atoms with van der Waals surface area (Å²) in [5, 5.41) is 24.7. The van der Waals surface area contributed by atoms with Gasteiger partial charge in [-0.3, -0.25) is 35.1 Å². The highest BCUT2D eigenvalue weighted by Gasteiger charge is 2.37. The van der Waals surface area contributed by atoms with Crippen LogP contribution in [0.25, 0.3) is 11.8 Å². The minimum absolute atomic E-state index is 0.153. The molecule has 0 spiro atoms. The molecule has 1 N–H and O–H groups in total. The summed E-state index contributed by atoms with van der Waals surface area (Å²) in [4.78, 5) is 60.7. The second kappa shape index (κ2) is 11.3. The number of anilines is 1. The van der Waals surface area contributed by atoms with E-state index in [0.717, 1.165) is 33.9 Å². The molecule has 13 nitrogen and oxygen atoms in total. The zero-order chi connectivity index (χ0) is 31.9. The number of hydrogen-bond acceptors (Lipinski definition) is 8. The number of ether oxygens (including phenoxy) is 1. The summed E-state index contributed by atoms with van der Waals surface area (Å²) in [6.45, 7) is 7.42. The molecule has 0 aliphatic carbocycles. The van der Waals surface area contributed by atoms with Gasteiger partial charge in [0.25, 0.3) is 17.5 Å². The molecule has 3 aromatic carbocycles. The van der Waals surface area contributed by atoms with Crippen LogP contribution in [0.3, 0.4) is 0 Å². The average molecular weight is 596 g/mol. The maximum atomic E-state index is 13.4. The van der Waals surface area contributed by atoms with Gasteiger partial charge in [0.15, 0.2) is 0 Å². The lowest BCUT2D eigenvalue weighted by molar-refractivity contribution is -0.394. The Hall–Kier alpha value is -6.11. The van der Waals surface area contributed by atoms with Crippen molar-refractivity contribution in [1.82, 2.24) is 9.88 Å². The number of nitrogens with zero attached hydrogens (tertiary/aromatic N) is 4. The molecule has 0 saturated carbocycles. The minimum atomic E-state index is -0.827. The van der Waals surface area contributed by atoms with E-state index in [2.05, 4.69) is 5.32 Å². The van der Waals surface area contributed by atoms with Crippen molar-refractivity contribution in [2.45, 2.75) is 27.7 Å². The molecule has 44 heavy (non-hydrogen) atoms. The number of barbiturate groups is 1. The molecule has 1 aromatic heterocycles. The maximum Gasteiger partial charge on any atom is 0.335 e. The quantitative estimate of drug-likeness (QED) is 0.118. The van der Waals surface area contributed by atoms with E-state index in [4.69, 9.17) is 4.74 Å². The summed E-state index contributed by atoms with van der Waals surface area (Å²) >= 11 is 0. The standard InChI is InChI=1S/C31H25N5O8/c1-17-5-6-23(13-18(17)2)34-30(38)26(29(37)32-31(34)39)15-21-14-19(3)33(20(21)4)22-7-10-25(11-8-22)44-28-12-9-24(35(40)41)16-27(28)36(42)43/h5-16H,1-4H3,(H,32,37,39)/b26-15+. The third-order valence-corrected chi connectivity index (χ3v) is 7.29. The monoisotopic (exact) mass is 595 g/mol. The molecule has 1 fully saturated rings. The molecule has 13 heteroatoms. The van der Waals surface area contributed by atoms with Gasteiger partial charge in [0.2, 0.25) is 5.75 Å². The Morgan fingerprint density at radius 2 is 1.48 bits per heavy atom. The molecule has 0 atom stereocenters. The van der Waals surface area contributed by atoms with Crippen LogP contribution in [0.1, 0.15) is 28.1 Å². The van der Waals surface area contributed by atoms with Gasteiger partial charge >= 0.3 is 11.7 Å². The third kappa shape index (κ3) is 5.41. The van der Waals surface area contributed by atoms with Crippen LogP contribution in [0.5, 0.6) is 11.5 Å². The van der Waals surface area contributed by atoms with Gasteiger partial charge in [-0.15, -0.1) is 0 Å². The van der Waals surface area contributed by atoms with Crippen LogP contribution >= 0.6 is 0 Å². The van der Waals surface area contributed by atoms with E-state index in [1.165, 1.54) is 12.1 Å². The fourth-order valence-electron chi connectivity index (χ4n) is 4.88. The Balaban J connectivity index is 1.43. The molecule has 4 aromatic rings. The molecular weight excluding hydrogens is 570 g/mol. The summed E-state index contributed by atoms with van der Waals surface area (Å²) in [5.41, 5.74) is 3.81. The molecule has 0 bridgehead atoms. The van der Waals surface area contributed by atoms with E-state index < -0.39 is 39.1 Å². The maximum absolute atomic E-state index is 13.4. The lowest BCUT2D eigenvalue weighted by Gasteiger charge is -2.26. The van der Waals surface area contributed by atoms with Crippen LogP contribution in [-0.2, 0) is 9.59 Å². The number of urea groups is 1. The summed E-state index contributed by atoms with van der Waals surface area (Å²) < 4.78 is 7.54. The topological polar surface area (TPSA) is 167 Å². The van der Waals surface area contributed by atoms with Gasteiger partial charge in [0, 0.05) is 23.1 Å². The molecule has 0 radical (unpaired) electrons. The Morgan fingerprint density at radius 3 is 2.11 bits per heavy atom. The second-order valence-corrected chi connectivity index (χ2v) is 10.2. The van der Waals surface area contributed by atoms with Crippen LogP contribution < -0.4 is 15.0 Å². The first-order chi connectivity index (χ1) is 20.8. The number of aryl methyl sites for hydroxylation is 3. The van der Waals surface area contributed by atoms with Crippen molar-refractivity contribution >= 4 is 41.0 Å². The molecule has 1 aliphatic heterocycles. The van der Waals surface area contributed by atoms with Crippen molar-refractivity contribution in [3.63, 3.8) is 0 Å². The number of carbonyl (C=O) groups is 3. The van der Waals surface area contributed by atoms with E-state index in [9.17, 15) is 34.6 Å². The summed E-state index contributed by atoms with van der Waals surface area (Å²) in [6.07, 6.45) is 1.45. The second-order valence-electron chi connectivity index (χ2n) is 10.2. The molecular formula is C31H25N5O8. The number of hydrogen-bond donors (Lipinski definition) is 1. The molecule has 2 heterocycles. The van der Waals surface area contributed by atoms with Gasteiger partial charge in [-0.1, -0.05) is 6.07 Å². The number of nitro benzene ring substituents is 2. The SMILES string of the molecule is Cc1ccc(N2C(=O)NC(=O)/C(=C\c3cc(C)n(-c4ccc(Oc5ccc([N+](=O)[O-])cc5[N+](=O)[O-])cc4)c3C)C2=O)cc1C. The van der Waals surface area contributed by atoms with Crippen LogP contribution in [0, 0.1) is 47.9 Å². The molecule has 4 amide bonds. The van der Waals surface area contributed by atoms with Crippen LogP contribution in [0.4, 0.5) is 21.9 Å². The number of benzene rings is 3. The third-order valence-electron chi connectivity index (χ3n) is 7.29. The van der Waals surface area contributed by atoms with E-state index in [-0.39, 0.29) is 17.1 Å². The van der Waals surface area contributed by atoms with Crippen molar-refractivity contribution in [3.05, 3.63) is 121 Å². The van der Waals surface area contributed by atoms with Gasteiger partial charge < -0.3 is 9.30 Å². The van der Waals surface area contributed by atoms with Crippen molar-refractivity contribution in [2.75, 3.05) is 4.90 Å². The first-order valence-electron chi connectivity index (χ1n) is 13.2. The fraction of sp³-hybridized carbons (Fsp3) is 0.129. The van der Waals surface area contributed by atoms with Crippen molar-refractivity contribution in [1.29, 1.82) is 0 Å². The van der Waals surface area contributed by atoms with Gasteiger partial charge in [0.1, 0.15) is 11.3 Å². The summed E-state index contributed by atoms with van der Waals surface area (Å²) in [7, 11) is 0. The van der Waals surface area contributed by atoms with Gasteiger partial charge in [-0.25, -0.2) is 9.69 Å². The Kier molecular flexibility index (Phi) is 7.54. The number of nitrogens with one attached hydrogen (secondary N) is 1.